The van der Waals surface area contributed by atoms with Crippen LogP contribution in [-0.2, 0) is 4.74 Å². The van der Waals surface area contributed by atoms with Crippen molar-refractivity contribution in [3.8, 4) is 11.8 Å². The summed E-state index contributed by atoms with van der Waals surface area (Å²) in [5.74, 6) is 5.04. The minimum Gasteiger partial charge on any atom is -0.444 e. The second-order valence-electron chi connectivity index (χ2n) is 6.73. The molecular weight excluding hydrogens is 297 g/mol. The SMILES string of the molecule is CC(C)(C)OC(=O)N1CCC(O)(C#Cc2ccccc2F)CC1. The van der Waals surface area contributed by atoms with Crippen molar-refractivity contribution in [1.29, 1.82) is 0 Å². The van der Waals surface area contributed by atoms with Gasteiger partial charge >= 0.3 is 6.09 Å². The molecule has 23 heavy (non-hydrogen) atoms. The number of likely N-dealkylation sites (tertiary alicyclic amines) is 1. The number of hydrogen-bond donors (Lipinski definition) is 1. The van der Waals surface area contributed by atoms with Gasteiger partial charge in [0.25, 0.3) is 0 Å². The minimum absolute atomic E-state index is 0.260. The van der Waals surface area contributed by atoms with E-state index >= 15 is 0 Å². The van der Waals surface area contributed by atoms with Crippen molar-refractivity contribution in [2.75, 3.05) is 13.1 Å². The van der Waals surface area contributed by atoms with Crippen LogP contribution in [-0.4, -0.2) is 40.4 Å². The molecule has 0 bridgehead atoms. The third kappa shape index (κ3) is 4.97. The lowest BCUT2D eigenvalue weighted by atomic mass is 9.92. The zero-order valence-electron chi connectivity index (χ0n) is 13.7. The van der Waals surface area contributed by atoms with Gasteiger partial charge in [-0.05, 0) is 32.9 Å². The molecule has 5 heteroatoms. The molecule has 4 nitrogen and oxygen atoms in total. The van der Waals surface area contributed by atoms with E-state index in [1.807, 2.05) is 20.8 Å². The average molecular weight is 319 g/mol. The Morgan fingerprint density at radius 2 is 1.91 bits per heavy atom. The van der Waals surface area contributed by atoms with Gasteiger partial charge in [0.2, 0.25) is 0 Å². The van der Waals surface area contributed by atoms with E-state index in [-0.39, 0.29) is 11.7 Å². The molecule has 0 aliphatic carbocycles. The Morgan fingerprint density at radius 1 is 1.30 bits per heavy atom. The topological polar surface area (TPSA) is 49.8 Å². The first kappa shape index (κ1) is 17.3. The van der Waals surface area contributed by atoms with Crippen LogP contribution in [0.4, 0.5) is 9.18 Å². The smallest absolute Gasteiger partial charge is 0.410 e. The van der Waals surface area contributed by atoms with Crippen molar-refractivity contribution in [2.24, 2.45) is 0 Å². The summed E-state index contributed by atoms with van der Waals surface area (Å²) in [4.78, 5) is 13.5. The molecule has 1 N–H and O–H groups in total. The van der Waals surface area contributed by atoms with E-state index in [2.05, 4.69) is 11.8 Å². The Kier molecular flexibility index (Phi) is 4.96. The van der Waals surface area contributed by atoms with Crippen molar-refractivity contribution < 1.29 is 19.0 Å². The van der Waals surface area contributed by atoms with Crippen LogP contribution in [0.15, 0.2) is 24.3 Å². The number of piperidine rings is 1. The molecule has 2 rings (SSSR count). The lowest BCUT2D eigenvalue weighted by molar-refractivity contribution is -0.00513. The molecule has 1 aliphatic rings. The van der Waals surface area contributed by atoms with Gasteiger partial charge in [-0.15, -0.1) is 0 Å². The van der Waals surface area contributed by atoms with Crippen molar-refractivity contribution in [3.05, 3.63) is 35.6 Å². The molecule has 0 saturated carbocycles. The maximum absolute atomic E-state index is 13.5. The predicted octanol–water partition coefficient (Wildman–Crippen LogP) is 2.94. The zero-order valence-corrected chi connectivity index (χ0v) is 13.7. The van der Waals surface area contributed by atoms with Crippen LogP contribution in [0.5, 0.6) is 0 Å². The van der Waals surface area contributed by atoms with Gasteiger partial charge in [-0.2, -0.15) is 0 Å². The van der Waals surface area contributed by atoms with E-state index in [0.29, 0.717) is 25.9 Å². The van der Waals surface area contributed by atoms with Crippen molar-refractivity contribution in [3.63, 3.8) is 0 Å². The van der Waals surface area contributed by atoms with Gasteiger partial charge in [-0.25, -0.2) is 9.18 Å². The summed E-state index contributed by atoms with van der Waals surface area (Å²) in [5.41, 5.74) is -1.49. The summed E-state index contributed by atoms with van der Waals surface area (Å²) in [6, 6.07) is 6.19. The van der Waals surface area contributed by atoms with Gasteiger partial charge in [-0.3, -0.25) is 0 Å². The van der Waals surface area contributed by atoms with Crippen LogP contribution in [0.25, 0.3) is 0 Å². The number of rotatable bonds is 0. The molecule has 0 unspecified atom stereocenters. The van der Waals surface area contributed by atoms with Crippen LogP contribution in [0.1, 0.15) is 39.2 Å². The van der Waals surface area contributed by atoms with E-state index in [0.717, 1.165) is 0 Å². The van der Waals surface area contributed by atoms with Gasteiger partial charge in [0.05, 0.1) is 5.56 Å². The minimum atomic E-state index is -1.21. The molecule has 1 amide bonds. The highest BCUT2D eigenvalue weighted by molar-refractivity contribution is 5.68. The fourth-order valence-electron chi connectivity index (χ4n) is 2.26. The number of benzene rings is 1. The molecule has 0 aromatic heterocycles. The molecule has 0 atom stereocenters. The van der Waals surface area contributed by atoms with E-state index in [4.69, 9.17) is 4.74 Å². The number of carbonyl (C=O) groups is 1. The number of amides is 1. The summed E-state index contributed by atoms with van der Waals surface area (Å²) >= 11 is 0. The van der Waals surface area contributed by atoms with Crippen LogP contribution in [0, 0.1) is 17.7 Å². The zero-order chi connectivity index (χ0) is 17.1. The van der Waals surface area contributed by atoms with E-state index < -0.39 is 17.0 Å². The first-order valence-electron chi connectivity index (χ1n) is 7.67. The summed E-state index contributed by atoms with van der Waals surface area (Å²) in [5, 5.41) is 10.5. The second kappa shape index (κ2) is 6.59. The van der Waals surface area contributed by atoms with Crippen LogP contribution < -0.4 is 0 Å². The van der Waals surface area contributed by atoms with Gasteiger partial charge in [0, 0.05) is 25.9 Å². The quantitative estimate of drug-likeness (QED) is 0.748. The molecule has 1 aromatic rings. The Bertz CT molecular complexity index is 632. The highest BCUT2D eigenvalue weighted by Gasteiger charge is 2.34. The third-order valence-electron chi connectivity index (χ3n) is 3.55. The molecule has 124 valence electrons. The predicted molar refractivity (Wildman–Crippen MR) is 85.3 cm³/mol. The molecule has 1 aliphatic heterocycles. The summed E-state index contributed by atoms with van der Waals surface area (Å²) < 4.78 is 18.9. The van der Waals surface area contributed by atoms with Crippen LogP contribution >= 0.6 is 0 Å². The summed E-state index contributed by atoms with van der Waals surface area (Å²) in [6.07, 6.45) is 0.239. The number of aliphatic hydroxyl groups is 1. The Hall–Kier alpha value is -2.06. The molecule has 1 aromatic carbocycles. The van der Waals surface area contributed by atoms with Gasteiger partial charge in [0.1, 0.15) is 17.0 Å². The van der Waals surface area contributed by atoms with Crippen LogP contribution in [0.3, 0.4) is 0 Å². The number of carbonyl (C=O) groups excluding carboxylic acids is 1. The number of halogens is 1. The van der Waals surface area contributed by atoms with Gasteiger partial charge < -0.3 is 14.7 Å². The van der Waals surface area contributed by atoms with E-state index in [9.17, 15) is 14.3 Å². The van der Waals surface area contributed by atoms with Crippen LogP contribution in [0.2, 0.25) is 0 Å². The van der Waals surface area contributed by atoms with Crippen molar-refractivity contribution in [1.82, 2.24) is 4.90 Å². The fraction of sp³-hybridized carbons (Fsp3) is 0.500. The monoisotopic (exact) mass is 319 g/mol. The van der Waals surface area contributed by atoms with Crippen molar-refractivity contribution in [2.45, 2.75) is 44.8 Å². The first-order chi connectivity index (χ1) is 10.7. The molecule has 0 radical (unpaired) electrons. The number of ether oxygens (including phenoxy) is 1. The normalized spacial score (nSPS) is 17.2. The van der Waals surface area contributed by atoms with E-state index in [1.54, 1.807) is 23.1 Å². The second-order valence-corrected chi connectivity index (χ2v) is 6.73. The maximum atomic E-state index is 13.5. The number of hydrogen-bond acceptors (Lipinski definition) is 3. The largest absolute Gasteiger partial charge is 0.444 e. The van der Waals surface area contributed by atoms with Gasteiger partial charge in [-0.1, -0.05) is 24.0 Å². The summed E-state index contributed by atoms with van der Waals surface area (Å²) in [6.45, 7) is 6.15. The molecule has 0 spiro atoms. The molecular formula is C18H22FNO3. The van der Waals surface area contributed by atoms with E-state index in [1.165, 1.54) is 6.07 Å². The lowest BCUT2D eigenvalue weighted by Gasteiger charge is -2.35. The fourth-order valence-corrected chi connectivity index (χ4v) is 2.26. The number of nitrogens with zero attached hydrogens (tertiary/aromatic N) is 1. The molecule has 1 saturated heterocycles. The Labute approximate surface area is 136 Å². The first-order valence-corrected chi connectivity index (χ1v) is 7.67. The highest BCUT2D eigenvalue weighted by Crippen LogP contribution is 2.23. The third-order valence-corrected chi connectivity index (χ3v) is 3.55. The average Bonchev–Trinajstić information content (AvgIpc) is 2.45. The maximum Gasteiger partial charge on any atom is 0.410 e. The molecule has 1 heterocycles. The lowest BCUT2D eigenvalue weighted by Crippen LogP contribution is -2.47. The highest BCUT2D eigenvalue weighted by atomic mass is 19.1. The van der Waals surface area contributed by atoms with Crippen molar-refractivity contribution >= 4 is 6.09 Å². The Balaban J connectivity index is 1.98. The standard InChI is InChI=1S/C18H22FNO3/c1-17(2,3)23-16(21)20-12-10-18(22,11-13-20)9-8-14-6-4-5-7-15(14)19/h4-7,22H,10-13H2,1-3H3. The van der Waals surface area contributed by atoms with Gasteiger partial charge in [0.15, 0.2) is 0 Å². The summed E-state index contributed by atoms with van der Waals surface area (Å²) in [7, 11) is 0. The molecule has 1 fully saturated rings. The Morgan fingerprint density at radius 3 is 2.48 bits per heavy atom.